The Morgan fingerprint density at radius 3 is 2.57 bits per heavy atom. The van der Waals surface area contributed by atoms with Crippen LogP contribution >= 0.6 is 0 Å². The molecule has 21 heavy (non-hydrogen) atoms. The molecule has 0 atom stereocenters. The van der Waals surface area contributed by atoms with E-state index in [9.17, 15) is 18.3 Å². The molecule has 0 bridgehead atoms. The van der Waals surface area contributed by atoms with Crippen LogP contribution in [-0.4, -0.2) is 37.8 Å². The zero-order chi connectivity index (χ0) is 15.6. The molecule has 1 aromatic heterocycles. The molecule has 0 fully saturated rings. The molecule has 8 heteroatoms. The minimum absolute atomic E-state index is 0.0145. The molecule has 0 unspecified atom stereocenters. The van der Waals surface area contributed by atoms with Crippen molar-refractivity contribution in [2.75, 3.05) is 19.4 Å². The molecule has 0 saturated carbocycles. The van der Waals surface area contributed by atoms with Gasteiger partial charge in [0.05, 0.1) is 16.8 Å². The zero-order valence-corrected chi connectivity index (χ0v) is 12.2. The summed E-state index contributed by atoms with van der Waals surface area (Å²) in [5.41, 5.74) is -0.0145. The van der Waals surface area contributed by atoms with Gasteiger partial charge in [0.2, 0.25) is 10.0 Å². The average Bonchev–Trinajstić information content (AvgIpc) is 2.94. The first-order valence-electron chi connectivity index (χ1n) is 5.93. The Bertz CT molecular complexity index is 751. The molecule has 7 nitrogen and oxygen atoms in total. The van der Waals surface area contributed by atoms with Crippen molar-refractivity contribution in [3.05, 3.63) is 42.4 Å². The van der Waals surface area contributed by atoms with Gasteiger partial charge in [-0.05, 0) is 30.3 Å². The number of furan rings is 1. The van der Waals surface area contributed by atoms with Gasteiger partial charge in [-0.1, -0.05) is 0 Å². The lowest BCUT2D eigenvalue weighted by molar-refractivity contribution is 0.0996. The van der Waals surface area contributed by atoms with Crippen molar-refractivity contribution in [1.82, 2.24) is 4.31 Å². The van der Waals surface area contributed by atoms with Crippen LogP contribution in [0.3, 0.4) is 0 Å². The maximum absolute atomic E-state index is 12.0. The molecule has 0 saturated heterocycles. The van der Waals surface area contributed by atoms with Crippen molar-refractivity contribution < 1.29 is 22.7 Å². The highest BCUT2D eigenvalue weighted by Crippen LogP contribution is 2.27. The average molecular weight is 310 g/mol. The molecule has 0 radical (unpaired) electrons. The number of amides is 1. The molecule has 2 rings (SSSR count). The number of hydrogen-bond donors (Lipinski definition) is 2. The Morgan fingerprint density at radius 2 is 2.00 bits per heavy atom. The van der Waals surface area contributed by atoms with Crippen molar-refractivity contribution in [3.8, 4) is 5.75 Å². The van der Waals surface area contributed by atoms with Crippen molar-refractivity contribution in [2.45, 2.75) is 4.90 Å². The van der Waals surface area contributed by atoms with Crippen LogP contribution in [0.2, 0.25) is 0 Å². The van der Waals surface area contributed by atoms with Crippen LogP contribution < -0.4 is 5.32 Å². The fraction of sp³-hybridized carbons (Fsp3) is 0.154. The lowest BCUT2D eigenvalue weighted by Gasteiger charge is -2.13. The summed E-state index contributed by atoms with van der Waals surface area (Å²) in [7, 11) is -0.874. The third-order valence-corrected chi connectivity index (χ3v) is 4.55. The van der Waals surface area contributed by atoms with Gasteiger partial charge in [-0.3, -0.25) is 4.79 Å². The molecule has 0 aliphatic heterocycles. The highest BCUT2D eigenvalue weighted by Gasteiger charge is 2.20. The van der Waals surface area contributed by atoms with Crippen LogP contribution in [0.5, 0.6) is 5.75 Å². The Morgan fingerprint density at radius 1 is 1.29 bits per heavy atom. The lowest BCUT2D eigenvalue weighted by atomic mass is 10.3. The van der Waals surface area contributed by atoms with Crippen LogP contribution in [0.15, 0.2) is 45.9 Å². The summed E-state index contributed by atoms with van der Waals surface area (Å²) in [5.74, 6) is -0.780. The Balaban J connectivity index is 2.35. The zero-order valence-electron chi connectivity index (χ0n) is 11.4. The van der Waals surface area contributed by atoms with E-state index in [-0.39, 0.29) is 22.1 Å². The number of carbonyl (C=O) groups is 1. The van der Waals surface area contributed by atoms with E-state index in [4.69, 9.17) is 4.42 Å². The van der Waals surface area contributed by atoms with E-state index in [2.05, 4.69) is 5.32 Å². The number of nitrogens with one attached hydrogen (secondary N) is 1. The Hall–Kier alpha value is -2.32. The Kier molecular flexibility index (Phi) is 4.01. The van der Waals surface area contributed by atoms with Crippen LogP contribution in [0, 0.1) is 0 Å². The maximum atomic E-state index is 12.0. The van der Waals surface area contributed by atoms with Gasteiger partial charge >= 0.3 is 0 Å². The van der Waals surface area contributed by atoms with E-state index in [1.807, 2.05) is 0 Å². The normalized spacial score (nSPS) is 11.6. The molecule has 0 aliphatic carbocycles. The molecule has 112 valence electrons. The summed E-state index contributed by atoms with van der Waals surface area (Å²) in [6, 6.07) is 6.64. The van der Waals surface area contributed by atoms with Crippen molar-refractivity contribution >= 4 is 21.6 Å². The van der Waals surface area contributed by atoms with E-state index in [1.54, 1.807) is 6.07 Å². The number of sulfonamides is 1. The van der Waals surface area contributed by atoms with E-state index in [1.165, 1.54) is 44.6 Å². The fourth-order valence-corrected chi connectivity index (χ4v) is 2.51. The second-order valence-corrected chi connectivity index (χ2v) is 6.55. The Labute approximate surface area is 121 Å². The quantitative estimate of drug-likeness (QED) is 0.833. The number of anilines is 1. The number of phenols is 1. The van der Waals surface area contributed by atoms with E-state index in [0.29, 0.717) is 0 Å². The van der Waals surface area contributed by atoms with Gasteiger partial charge in [0.25, 0.3) is 5.91 Å². The van der Waals surface area contributed by atoms with Gasteiger partial charge in [0, 0.05) is 14.1 Å². The van der Waals surface area contributed by atoms with Crippen LogP contribution in [0.4, 0.5) is 5.69 Å². The highest BCUT2D eigenvalue weighted by atomic mass is 32.2. The first-order chi connectivity index (χ1) is 9.82. The maximum Gasteiger partial charge on any atom is 0.291 e. The van der Waals surface area contributed by atoms with Crippen molar-refractivity contribution in [1.29, 1.82) is 0 Å². The minimum atomic E-state index is -3.66. The molecule has 2 N–H and O–H groups in total. The third kappa shape index (κ3) is 3.06. The number of benzene rings is 1. The van der Waals surface area contributed by atoms with Gasteiger partial charge in [0.15, 0.2) is 5.76 Å². The second kappa shape index (κ2) is 5.58. The summed E-state index contributed by atoms with van der Waals surface area (Å²) in [6.07, 6.45) is 1.34. The number of aromatic hydroxyl groups is 1. The van der Waals surface area contributed by atoms with Gasteiger partial charge < -0.3 is 14.8 Å². The molecular formula is C13H14N2O5S. The standard InChI is InChI=1S/C13H14N2O5S/c1-15(2)21(18,19)9-5-6-11(16)10(8-9)14-13(17)12-4-3-7-20-12/h3-8,16H,1-2H3,(H,14,17). The second-order valence-electron chi connectivity index (χ2n) is 4.40. The number of rotatable bonds is 4. The van der Waals surface area contributed by atoms with Gasteiger partial charge in [-0.25, -0.2) is 12.7 Å². The summed E-state index contributed by atoms with van der Waals surface area (Å²) >= 11 is 0. The smallest absolute Gasteiger partial charge is 0.291 e. The molecule has 1 aromatic carbocycles. The van der Waals surface area contributed by atoms with E-state index in [0.717, 1.165) is 4.31 Å². The van der Waals surface area contributed by atoms with Gasteiger partial charge in [0.1, 0.15) is 5.75 Å². The van der Waals surface area contributed by atoms with E-state index >= 15 is 0 Å². The summed E-state index contributed by atoms with van der Waals surface area (Å²) < 4.78 is 30.0. The predicted octanol–water partition coefficient (Wildman–Crippen LogP) is 1.49. The molecule has 0 spiro atoms. The number of nitrogens with zero attached hydrogens (tertiary/aromatic N) is 1. The molecule has 2 aromatic rings. The molecule has 1 amide bonds. The first-order valence-corrected chi connectivity index (χ1v) is 7.37. The fourth-order valence-electron chi connectivity index (χ4n) is 1.58. The summed E-state index contributed by atoms with van der Waals surface area (Å²) in [5, 5.41) is 12.1. The molecule has 1 heterocycles. The largest absolute Gasteiger partial charge is 0.506 e. The lowest BCUT2D eigenvalue weighted by Crippen LogP contribution is -2.22. The van der Waals surface area contributed by atoms with Crippen molar-refractivity contribution in [3.63, 3.8) is 0 Å². The van der Waals surface area contributed by atoms with Gasteiger partial charge in [-0.15, -0.1) is 0 Å². The summed E-state index contributed by atoms with van der Waals surface area (Å²) in [6.45, 7) is 0. The van der Waals surface area contributed by atoms with Crippen LogP contribution in [-0.2, 0) is 10.0 Å². The van der Waals surface area contributed by atoms with Crippen LogP contribution in [0.25, 0.3) is 0 Å². The first kappa shape index (κ1) is 15.1. The monoisotopic (exact) mass is 310 g/mol. The van der Waals surface area contributed by atoms with Crippen molar-refractivity contribution in [2.24, 2.45) is 0 Å². The highest BCUT2D eigenvalue weighted by molar-refractivity contribution is 7.89. The SMILES string of the molecule is CN(C)S(=O)(=O)c1ccc(O)c(NC(=O)c2ccco2)c1. The molecular weight excluding hydrogens is 296 g/mol. The predicted molar refractivity (Wildman–Crippen MR) is 75.6 cm³/mol. The summed E-state index contributed by atoms with van der Waals surface area (Å²) in [4.78, 5) is 11.8. The number of phenolic OH excluding ortho intramolecular Hbond substituents is 1. The topological polar surface area (TPSA) is 99.9 Å². The third-order valence-electron chi connectivity index (χ3n) is 2.74. The molecule has 0 aliphatic rings. The number of hydrogen-bond acceptors (Lipinski definition) is 5. The van der Waals surface area contributed by atoms with Crippen LogP contribution in [0.1, 0.15) is 10.6 Å². The number of carbonyl (C=O) groups excluding carboxylic acids is 1. The van der Waals surface area contributed by atoms with E-state index < -0.39 is 15.9 Å². The van der Waals surface area contributed by atoms with Gasteiger partial charge in [-0.2, -0.15) is 0 Å². The minimum Gasteiger partial charge on any atom is -0.506 e.